The lowest BCUT2D eigenvalue weighted by atomic mass is 10.4. The monoisotopic (exact) mass is 261 g/mol. The molecule has 0 radical (unpaired) electrons. The van der Waals surface area contributed by atoms with E-state index in [1.807, 2.05) is 0 Å². The van der Waals surface area contributed by atoms with Gasteiger partial charge in [0.25, 0.3) is 11.7 Å². The number of halogens is 2. The van der Waals surface area contributed by atoms with E-state index in [2.05, 4.69) is 0 Å². The van der Waals surface area contributed by atoms with Crippen molar-refractivity contribution in [2.45, 2.75) is 24.4 Å². The van der Waals surface area contributed by atoms with Gasteiger partial charge >= 0.3 is 0 Å². The van der Waals surface area contributed by atoms with Crippen molar-refractivity contribution in [2.75, 3.05) is 13.1 Å². The third-order valence-electron chi connectivity index (χ3n) is 2.62. The number of carbonyl (C=O) groups excluding carboxylic acids is 1. The van der Waals surface area contributed by atoms with Crippen LogP contribution in [0.5, 0.6) is 0 Å². The summed E-state index contributed by atoms with van der Waals surface area (Å²) in [6, 6.07) is 3.14. The highest BCUT2D eigenvalue weighted by Gasteiger charge is 2.22. The Bertz CT molecular complexity index is 389. The summed E-state index contributed by atoms with van der Waals surface area (Å²) in [4.78, 5) is 13.6. The molecule has 0 saturated carbocycles. The minimum atomic E-state index is -2.42. The normalized spacial score (nSPS) is 15.8. The molecule has 3 nitrogen and oxygen atoms in total. The highest BCUT2D eigenvalue weighted by atomic mass is 32.2. The molecule has 2 heterocycles. The lowest BCUT2D eigenvalue weighted by molar-refractivity contribution is 0.0760. The summed E-state index contributed by atoms with van der Waals surface area (Å²) < 4.78 is 29.2. The predicted octanol–water partition coefficient (Wildman–Crippen LogP) is 2.97. The Labute approximate surface area is 102 Å². The molecule has 1 amide bonds. The SMILES string of the molecule is O=C(c1ccc(CSC(F)F)o1)N1CCCC1. The molecule has 0 spiro atoms. The van der Waals surface area contributed by atoms with Gasteiger partial charge in [-0.3, -0.25) is 4.79 Å². The summed E-state index contributed by atoms with van der Waals surface area (Å²) in [6.45, 7) is 1.50. The van der Waals surface area contributed by atoms with E-state index in [1.165, 1.54) is 0 Å². The Morgan fingerprint density at radius 3 is 2.76 bits per heavy atom. The maximum atomic E-state index is 12.0. The first-order valence-corrected chi connectivity index (χ1v) is 6.49. The zero-order valence-corrected chi connectivity index (χ0v) is 10.0. The maximum absolute atomic E-state index is 12.0. The van der Waals surface area contributed by atoms with E-state index in [4.69, 9.17) is 4.42 Å². The lowest BCUT2D eigenvalue weighted by Crippen LogP contribution is -2.27. The summed E-state index contributed by atoms with van der Waals surface area (Å²) >= 11 is 0.490. The summed E-state index contributed by atoms with van der Waals surface area (Å²) in [6.07, 6.45) is 2.03. The summed E-state index contributed by atoms with van der Waals surface area (Å²) in [5.74, 6) is -1.81. The largest absolute Gasteiger partial charge is 0.455 e. The molecule has 0 aliphatic carbocycles. The van der Waals surface area contributed by atoms with Gasteiger partial charge in [-0.05, 0) is 25.0 Å². The summed E-state index contributed by atoms with van der Waals surface area (Å²) in [7, 11) is 0. The first-order chi connectivity index (χ1) is 8.16. The number of alkyl halides is 2. The number of carbonyl (C=O) groups is 1. The third kappa shape index (κ3) is 3.21. The molecule has 1 aromatic heterocycles. The maximum Gasteiger partial charge on any atom is 0.289 e. The van der Waals surface area contributed by atoms with E-state index in [0.717, 1.165) is 25.9 Å². The van der Waals surface area contributed by atoms with E-state index >= 15 is 0 Å². The van der Waals surface area contributed by atoms with Gasteiger partial charge in [0.1, 0.15) is 5.76 Å². The van der Waals surface area contributed by atoms with Gasteiger partial charge in [-0.1, -0.05) is 11.8 Å². The van der Waals surface area contributed by atoms with Crippen LogP contribution < -0.4 is 0 Å². The van der Waals surface area contributed by atoms with Crippen LogP contribution in [0.1, 0.15) is 29.2 Å². The third-order valence-corrected chi connectivity index (χ3v) is 3.32. The van der Waals surface area contributed by atoms with Crippen molar-refractivity contribution in [1.29, 1.82) is 0 Å². The smallest absolute Gasteiger partial charge is 0.289 e. The van der Waals surface area contributed by atoms with Gasteiger partial charge < -0.3 is 9.32 Å². The molecule has 1 aliphatic rings. The van der Waals surface area contributed by atoms with Gasteiger partial charge in [-0.15, -0.1) is 0 Å². The van der Waals surface area contributed by atoms with Crippen LogP contribution >= 0.6 is 11.8 Å². The fourth-order valence-electron chi connectivity index (χ4n) is 1.79. The molecule has 0 atom stereocenters. The van der Waals surface area contributed by atoms with E-state index in [1.54, 1.807) is 17.0 Å². The second-order valence-corrected chi connectivity index (χ2v) is 4.82. The first-order valence-electron chi connectivity index (χ1n) is 5.44. The Hall–Kier alpha value is -1.04. The Morgan fingerprint density at radius 2 is 2.12 bits per heavy atom. The minimum Gasteiger partial charge on any atom is -0.455 e. The number of nitrogens with zero attached hydrogens (tertiary/aromatic N) is 1. The predicted molar refractivity (Wildman–Crippen MR) is 61.1 cm³/mol. The van der Waals surface area contributed by atoms with E-state index in [0.29, 0.717) is 17.5 Å². The standard InChI is InChI=1S/C11H13F2NO2S/c12-11(13)17-7-8-3-4-9(16-8)10(15)14-5-1-2-6-14/h3-4,11H,1-2,5-7H2. The van der Waals surface area contributed by atoms with Crippen molar-refractivity contribution in [3.63, 3.8) is 0 Å². The molecular weight excluding hydrogens is 248 g/mol. The number of hydrogen-bond donors (Lipinski definition) is 0. The Morgan fingerprint density at radius 1 is 1.41 bits per heavy atom. The van der Waals surface area contributed by atoms with Crippen molar-refractivity contribution < 1.29 is 18.0 Å². The fraction of sp³-hybridized carbons (Fsp3) is 0.545. The van der Waals surface area contributed by atoms with Gasteiger partial charge in [0.15, 0.2) is 5.76 Å². The van der Waals surface area contributed by atoms with Crippen molar-refractivity contribution in [3.8, 4) is 0 Å². The Kier molecular flexibility index (Phi) is 4.04. The number of likely N-dealkylation sites (tertiary alicyclic amines) is 1. The highest BCUT2D eigenvalue weighted by molar-refractivity contribution is 7.98. The molecule has 1 aromatic rings. The molecule has 0 unspecified atom stereocenters. The van der Waals surface area contributed by atoms with Gasteiger partial charge in [0.2, 0.25) is 0 Å². The molecule has 0 bridgehead atoms. The van der Waals surface area contributed by atoms with E-state index < -0.39 is 5.76 Å². The molecule has 94 valence electrons. The van der Waals surface area contributed by atoms with Crippen LogP contribution in [0.25, 0.3) is 0 Å². The molecule has 0 aromatic carbocycles. The minimum absolute atomic E-state index is 0.0882. The van der Waals surface area contributed by atoms with Gasteiger partial charge in [-0.2, -0.15) is 8.78 Å². The second-order valence-electron chi connectivity index (χ2n) is 3.84. The van der Waals surface area contributed by atoms with E-state index in [9.17, 15) is 13.6 Å². The van der Waals surface area contributed by atoms with Crippen molar-refractivity contribution in [2.24, 2.45) is 0 Å². The van der Waals surface area contributed by atoms with Gasteiger partial charge in [0, 0.05) is 13.1 Å². The van der Waals surface area contributed by atoms with Crippen LogP contribution in [0, 0.1) is 0 Å². The molecule has 1 aliphatic heterocycles. The second kappa shape index (κ2) is 5.53. The number of furan rings is 1. The van der Waals surface area contributed by atoms with Gasteiger partial charge in [0.05, 0.1) is 5.75 Å². The number of hydrogen-bond acceptors (Lipinski definition) is 3. The molecule has 2 rings (SSSR count). The zero-order chi connectivity index (χ0) is 12.3. The van der Waals surface area contributed by atoms with Crippen molar-refractivity contribution in [3.05, 3.63) is 23.7 Å². The molecule has 0 N–H and O–H groups in total. The van der Waals surface area contributed by atoms with Crippen LogP contribution in [-0.2, 0) is 5.75 Å². The lowest BCUT2D eigenvalue weighted by Gasteiger charge is -2.12. The zero-order valence-electron chi connectivity index (χ0n) is 9.20. The first kappa shape index (κ1) is 12.4. The average molecular weight is 261 g/mol. The molecule has 1 saturated heterocycles. The van der Waals surface area contributed by atoms with Crippen molar-refractivity contribution in [1.82, 2.24) is 4.90 Å². The van der Waals surface area contributed by atoms with Gasteiger partial charge in [-0.25, -0.2) is 0 Å². The van der Waals surface area contributed by atoms with E-state index in [-0.39, 0.29) is 17.4 Å². The molecule has 17 heavy (non-hydrogen) atoms. The number of thioether (sulfide) groups is 1. The van der Waals surface area contributed by atoms with Crippen LogP contribution in [0.15, 0.2) is 16.5 Å². The topological polar surface area (TPSA) is 33.5 Å². The highest BCUT2D eigenvalue weighted by Crippen LogP contribution is 2.22. The van der Waals surface area contributed by atoms with Crippen LogP contribution in [0.2, 0.25) is 0 Å². The number of rotatable bonds is 4. The number of amides is 1. The molecule has 1 fully saturated rings. The molecular formula is C11H13F2NO2S. The summed E-state index contributed by atoms with van der Waals surface area (Å²) in [5, 5.41) is 0. The fourth-order valence-corrected chi connectivity index (χ4v) is 2.24. The van der Waals surface area contributed by atoms with Crippen molar-refractivity contribution >= 4 is 17.7 Å². The Balaban J connectivity index is 1.95. The quantitative estimate of drug-likeness (QED) is 0.835. The summed E-state index contributed by atoms with van der Waals surface area (Å²) in [5.41, 5.74) is 0. The van der Waals surface area contributed by atoms with Crippen LogP contribution in [0.4, 0.5) is 8.78 Å². The molecule has 6 heteroatoms. The average Bonchev–Trinajstić information content (AvgIpc) is 2.97. The van der Waals surface area contributed by atoms with Crippen LogP contribution in [-0.4, -0.2) is 29.7 Å². The van der Waals surface area contributed by atoms with Crippen LogP contribution in [0.3, 0.4) is 0 Å².